The van der Waals surface area contributed by atoms with Gasteiger partial charge in [0.15, 0.2) is 8.32 Å². The summed E-state index contributed by atoms with van der Waals surface area (Å²) in [6.07, 6.45) is 1.38. The number of rotatable bonds is 4. The molecule has 2 aliphatic rings. The second-order valence-corrected chi connectivity index (χ2v) is 17.0. The molecule has 0 radical (unpaired) electrons. The molecule has 1 saturated heterocycles. The summed E-state index contributed by atoms with van der Waals surface area (Å²) in [5, 5.41) is 14.6. The van der Waals surface area contributed by atoms with Gasteiger partial charge in [0, 0.05) is 13.0 Å². The third-order valence-corrected chi connectivity index (χ3v) is 11.6. The van der Waals surface area contributed by atoms with Crippen molar-refractivity contribution >= 4 is 26.0 Å². The Kier molecular flexibility index (Phi) is 6.70. The fourth-order valence-corrected chi connectivity index (χ4v) is 5.04. The van der Waals surface area contributed by atoms with Crippen molar-refractivity contribution in [2.24, 2.45) is 5.41 Å². The fraction of sp³-hybridized carbons (Fsp3) is 0.750. The van der Waals surface area contributed by atoms with Gasteiger partial charge in [-0.2, -0.15) is 10.4 Å². The average Bonchev–Trinajstić information content (AvgIpc) is 3.24. The van der Waals surface area contributed by atoms with E-state index in [2.05, 4.69) is 45.0 Å². The van der Waals surface area contributed by atoms with E-state index in [0.29, 0.717) is 12.2 Å². The minimum absolute atomic E-state index is 0.0130. The van der Waals surface area contributed by atoms with E-state index in [-0.39, 0.29) is 49.2 Å². The molecule has 2 atom stereocenters. The van der Waals surface area contributed by atoms with Crippen molar-refractivity contribution in [1.82, 2.24) is 14.7 Å². The van der Waals surface area contributed by atoms with E-state index in [1.54, 1.807) is 16.0 Å². The zero-order valence-corrected chi connectivity index (χ0v) is 23.1. The third kappa shape index (κ3) is 5.15. The van der Waals surface area contributed by atoms with Crippen LogP contribution in [0.15, 0.2) is 6.20 Å². The zero-order valence-electron chi connectivity index (χ0n) is 22.1. The Morgan fingerprint density at radius 1 is 1.29 bits per heavy atom. The van der Waals surface area contributed by atoms with Gasteiger partial charge in [-0.15, -0.1) is 0 Å². The van der Waals surface area contributed by atoms with E-state index >= 15 is 0 Å². The number of amides is 2. The van der Waals surface area contributed by atoms with Crippen molar-refractivity contribution in [3.8, 4) is 6.07 Å². The molecule has 2 unspecified atom stereocenters. The summed E-state index contributed by atoms with van der Waals surface area (Å²) in [7, 11) is -2.07. The molecule has 1 aromatic rings. The molecule has 9 nitrogen and oxygen atoms in total. The first kappa shape index (κ1) is 26.2. The highest BCUT2D eigenvalue weighted by atomic mass is 28.4. The van der Waals surface area contributed by atoms with Crippen LogP contribution in [0.25, 0.3) is 0 Å². The highest BCUT2D eigenvalue weighted by Crippen LogP contribution is 2.41. The van der Waals surface area contributed by atoms with Crippen molar-refractivity contribution in [2.75, 3.05) is 18.1 Å². The summed E-state index contributed by atoms with van der Waals surface area (Å²) in [6.45, 7) is 19.5. The Balaban J connectivity index is 1.82. The van der Waals surface area contributed by atoms with Gasteiger partial charge in [-0.25, -0.2) is 4.79 Å². The number of fused-ring (bicyclic) bond motifs is 1. The molecule has 34 heavy (non-hydrogen) atoms. The molecule has 188 valence electrons. The van der Waals surface area contributed by atoms with Crippen LogP contribution in [0, 0.1) is 16.7 Å². The summed E-state index contributed by atoms with van der Waals surface area (Å²) in [5.41, 5.74) is -0.0844. The number of anilines is 1. The molecule has 2 aliphatic heterocycles. The molecule has 0 bridgehead atoms. The van der Waals surface area contributed by atoms with E-state index in [0.717, 1.165) is 5.69 Å². The molecular formula is C24H39N5O4Si. The van der Waals surface area contributed by atoms with Crippen molar-refractivity contribution in [2.45, 2.75) is 97.8 Å². The van der Waals surface area contributed by atoms with Gasteiger partial charge in [-0.05, 0) is 45.8 Å². The molecule has 0 aromatic carbocycles. The summed E-state index contributed by atoms with van der Waals surface area (Å²) in [4.78, 5) is 29.2. The van der Waals surface area contributed by atoms with Gasteiger partial charge >= 0.3 is 6.09 Å². The van der Waals surface area contributed by atoms with Crippen molar-refractivity contribution in [3.63, 3.8) is 0 Å². The maximum Gasteiger partial charge on any atom is 0.410 e. The van der Waals surface area contributed by atoms with Gasteiger partial charge in [0.2, 0.25) is 5.91 Å². The van der Waals surface area contributed by atoms with Gasteiger partial charge in [0.05, 0.1) is 49.4 Å². The minimum Gasteiger partial charge on any atom is -0.444 e. The van der Waals surface area contributed by atoms with E-state index in [1.807, 2.05) is 32.4 Å². The number of carbonyl (C=O) groups excluding carboxylic acids is 2. The van der Waals surface area contributed by atoms with Crippen LogP contribution in [-0.4, -0.2) is 59.8 Å². The van der Waals surface area contributed by atoms with E-state index < -0.39 is 19.3 Å². The molecule has 3 rings (SSSR count). The highest BCUT2D eigenvalue weighted by molar-refractivity contribution is 6.74. The van der Waals surface area contributed by atoms with E-state index in [4.69, 9.17) is 9.16 Å². The first-order valence-corrected chi connectivity index (χ1v) is 14.8. The third-order valence-electron chi connectivity index (χ3n) is 7.14. The molecular weight excluding hydrogens is 450 g/mol. The van der Waals surface area contributed by atoms with Crippen LogP contribution in [0.5, 0.6) is 0 Å². The zero-order chi connectivity index (χ0) is 25.7. The Bertz CT molecular complexity index is 1000. The molecule has 1 fully saturated rings. The van der Waals surface area contributed by atoms with Crippen LogP contribution in [0.4, 0.5) is 10.5 Å². The van der Waals surface area contributed by atoms with Crippen molar-refractivity contribution < 1.29 is 18.8 Å². The van der Waals surface area contributed by atoms with Gasteiger partial charge < -0.3 is 14.1 Å². The van der Waals surface area contributed by atoms with Crippen LogP contribution >= 0.6 is 0 Å². The smallest absolute Gasteiger partial charge is 0.410 e. The lowest BCUT2D eigenvalue weighted by atomic mass is 9.90. The molecule has 3 heterocycles. The molecule has 0 N–H and O–H groups in total. The molecule has 2 amide bonds. The monoisotopic (exact) mass is 489 g/mol. The first-order chi connectivity index (χ1) is 15.5. The molecule has 0 spiro atoms. The maximum absolute atomic E-state index is 13.1. The summed E-state index contributed by atoms with van der Waals surface area (Å²) < 4.78 is 13.8. The number of hydrogen-bond donors (Lipinski definition) is 0. The standard InChI is InChI=1S/C24H39N5O4Si/c1-17-12-29-19(13-27(17)21(31)33-22(2,3)4)18(11-26-29)28-15-24(14-25,10-20(28)30)16-32-34(8,9)23(5,6)7/h11,17H,10,12-13,15-16H2,1-9H3. The summed E-state index contributed by atoms with van der Waals surface area (Å²) in [6, 6.07) is 2.29. The average molecular weight is 490 g/mol. The van der Waals surface area contributed by atoms with Gasteiger partial charge in [-0.1, -0.05) is 20.8 Å². The van der Waals surface area contributed by atoms with Crippen molar-refractivity contribution in [3.05, 3.63) is 11.9 Å². The predicted molar refractivity (Wildman–Crippen MR) is 132 cm³/mol. The van der Waals surface area contributed by atoms with E-state index in [9.17, 15) is 14.9 Å². The number of nitrogens with zero attached hydrogens (tertiary/aromatic N) is 5. The quantitative estimate of drug-likeness (QED) is 0.585. The number of ether oxygens (including phenoxy) is 1. The second kappa shape index (κ2) is 8.68. The normalized spacial score (nSPS) is 23.6. The lowest BCUT2D eigenvalue weighted by molar-refractivity contribution is -0.117. The van der Waals surface area contributed by atoms with Crippen LogP contribution in [0.3, 0.4) is 0 Å². The Labute approximate surface area is 204 Å². The maximum atomic E-state index is 13.1. The Hall–Kier alpha value is -2.38. The van der Waals surface area contributed by atoms with Gasteiger partial charge in [0.25, 0.3) is 0 Å². The highest BCUT2D eigenvalue weighted by Gasteiger charge is 2.48. The molecule has 1 aromatic heterocycles. The first-order valence-electron chi connectivity index (χ1n) is 11.9. The van der Waals surface area contributed by atoms with Crippen LogP contribution in [0.2, 0.25) is 18.1 Å². The van der Waals surface area contributed by atoms with Crippen LogP contribution in [0.1, 0.15) is 60.6 Å². The Morgan fingerprint density at radius 2 is 1.94 bits per heavy atom. The fourth-order valence-electron chi connectivity index (χ4n) is 3.97. The van der Waals surface area contributed by atoms with Crippen LogP contribution in [-0.2, 0) is 27.0 Å². The second-order valence-electron chi connectivity index (χ2n) is 12.2. The molecule has 0 saturated carbocycles. The van der Waals surface area contributed by atoms with E-state index in [1.165, 1.54) is 0 Å². The summed E-state index contributed by atoms with van der Waals surface area (Å²) in [5.74, 6) is -0.126. The molecule has 0 aliphatic carbocycles. The molecule has 10 heteroatoms. The number of aromatic nitrogens is 2. The van der Waals surface area contributed by atoms with Gasteiger partial charge in [0.1, 0.15) is 11.0 Å². The number of hydrogen-bond acceptors (Lipinski definition) is 6. The summed E-state index contributed by atoms with van der Waals surface area (Å²) >= 11 is 0. The van der Waals surface area contributed by atoms with Gasteiger partial charge in [-0.3, -0.25) is 14.4 Å². The SMILES string of the molecule is CC1Cn2ncc(N3CC(C#N)(CO[Si](C)(C)C(C)(C)C)CC3=O)c2CN1C(=O)OC(C)(C)C. The topological polar surface area (TPSA) is 101 Å². The lowest BCUT2D eigenvalue weighted by Gasteiger charge is -2.38. The lowest BCUT2D eigenvalue weighted by Crippen LogP contribution is -2.47. The number of carbonyl (C=O) groups is 2. The minimum atomic E-state index is -2.07. The van der Waals surface area contributed by atoms with Crippen molar-refractivity contribution in [1.29, 1.82) is 5.26 Å². The van der Waals surface area contributed by atoms with Crippen LogP contribution < -0.4 is 4.90 Å². The predicted octanol–water partition coefficient (Wildman–Crippen LogP) is 4.29. The largest absolute Gasteiger partial charge is 0.444 e. The Morgan fingerprint density at radius 3 is 2.50 bits per heavy atom. The number of nitriles is 1.